The number of anilines is 1. The highest BCUT2D eigenvalue weighted by Gasteiger charge is 2.28. The highest BCUT2D eigenvalue weighted by Crippen LogP contribution is 2.36. The highest BCUT2D eigenvalue weighted by molar-refractivity contribution is 7.92. The molecule has 0 spiro atoms. The number of hydrogen-bond acceptors (Lipinski definition) is 5. The summed E-state index contributed by atoms with van der Waals surface area (Å²) in [6.07, 6.45) is -1.21. The summed E-state index contributed by atoms with van der Waals surface area (Å²) in [5.41, 5.74) is 5.74. The van der Waals surface area contributed by atoms with Gasteiger partial charge in [0.05, 0.1) is 17.1 Å². The van der Waals surface area contributed by atoms with Crippen molar-refractivity contribution in [1.82, 2.24) is 0 Å². The van der Waals surface area contributed by atoms with Crippen LogP contribution < -0.4 is 4.31 Å². The molecular weight excluding hydrogens is 491 g/mol. The Morgan fingerprint density at radius 3 is 1.95 bits per heavy atom. The molecule has 1 aliphatic rings. The van der Waals surface area contributed by atoms with Crippen molar-refractivity contribution in [1.29, 1.82) is 0 Å². The third-order valence-electron chi connectivity index (χ3n) is 6.18. The van der Waals surface area contributed by atoms with E-state index in [0.717, 1.165) is 32.1 Å². The van der Waals surface area contributed by atoms with Gasteiger partial charge in [-0.15, -0.1) is 0 Å². The maximum Gasteiger partial charge on any atom is 0.264 e. The van der Waals surface area contributed by atoms with E-state index < -0.39 is 21.9 Å². The number of sulfonamides is 1. The predicted molar refractivity (Wildman–Crippen MR) is 142 cm³/mol. The molecule has 0 aromatic heterocycles. The molecule has 0 bridgehead atoms. The summed E-state index contributed by atoms with van der Waals surface area (Å²) in [7, 11) is -4.04. The van der Waals surface area contributed by atoms with Crippen molar-refractivity contribution < 1.29 is 22.8 Å². The van der Waals surface area contributed by atoms with E-state index >= 15 is 0 Å². The van der Waals surface area contributed by atoms with E-state index in [-0.39, 0.29) is 23.7 Å². The average molecular weight is 517 g/mol. The lowest BCUT2D eigenvalue weighted by molar-refractivity contribution is 0.0456. The number of benzene rings is 4. The van der Waals surface area contributed by atoms with E-state index in [1.54, 1.807) is 12.1 Å². The Labute approximate surface area is 215 Å². The molecule has 0 unspecified atom stereocenters. The van der Waals surface area contributed by atoms with Gasteiger partial charge >= 0.3 is 0 Å². The number of oxime groups is 1. The van der Waals surface area contributed by atoms with Crippen LogP contribution in [0.3, 0.4) is 0 Å². The Morgan fingerprint density at radius 2 is 1.38 bits per heavy atom. The second kappa shape index (κ2) is 10.2. The van der Waals surface area contributed by atoms with Crippen molar-refractivity contribution in [3.63, 3.8) is 0 Å². The highest BCUT2D eigenvalue weighted by atomic mass is 32.2. The Hall–Kier alpha value is -4.01. The number of aliphatic hydroxyl groups excluding tert-OH is 1. The molecule has 188 valence electrons. The molecule has 5 rings (SSSR count). The van der Waals surface area contributed by atoms with Crippen LogP contribution in [-0.2, 0) is 14.9 Å². The van der Waals surface area contributed by atoms with E-state index in [9.17, 15) is 17.9 Å². The number of rotatable bonds is 8. The summed E-state index contributed by atoms with van der Waals surface area (Å²) in [6.45, 7) is 1.31. The van der Waals surface area contributed by atoms with Gasteiger partial charge in [0.2, 0.25) is 0 Å². The zero-order valence-corrected chi connectivity index (χ0v) is 20.9. The molecule has 37 heavy (non-hydrogen) atoms. The van der Waals surface area contributed by atoms with Gasteiger partial charge < -0.3 is 9.94 Å². The van der Waals surface area contributed by atoms with Crippen LogP contribution in [0, 0.1) is 12.7 Å². The quantitative estimate of drug-likeness (QED) is 0.290. The first-order valence-corrected chi connectivity index (χ1v) is 13.2. The summed E-state index contributed by atoms with van der Waals surface area (Å²) in [6, 6.07) is 27.2. The molecule has 1 aliphatic carbocycles. The average Bonchev–Trinajstić information content (AvgIpc) is 3.22. The molecule has 0 saturated carbocycles. The van der Waals surface area contributed by atoms with E-state index in [4.69, 9.17) is 4.84 Å². The Balaban J connectivity index is 1.37. The lowest BCUT2D eigenvalue weighted by Gasteiger charge is -2.26. The van der Waals surface area contributed by atoms with Crippen molar-refractivity contribution in [3.05, 3.63) is 120 Å². The number of aliphatic hydroxyl groups is 1. The van der Waals surface area contributed by atoms with Crippen LogP contribution in [0.25, 0.3) is 11.1 Å². The fourth-order valence-electron chi connectivity index (χ4n) is 4.31. The Morgan fingerprint density at radius 1 is 0.838 bits per heavy atom. The van der Waals surface area contributed by atoms with Gasteiger partial charge in [-0.05, 0) is 54.4 Å². The van der Waals surface area contributed by atoms with Crippen molar-refractivity contribution in [2.24, 2.45) is 5.16 Å². The molecule has 0 fully saturated rings. The van der Waals surface area contributed by atoms with Gasteiger partial charge in [-0.25, -0.2) is 12.8 Å². The SMILES string of the molecule is Cc1ccc(S(=O)(=O)N(C[C@@H](O)CON=C2c3ccccc3-c3ccccc32)c2ccc(F)cc2)cc1. The maximum absolute atomic E-state index is 13.5. The van der Waals surface area contributed by atoms with Crippen molar-refractivity contribution in [3.8, 4) is 11.1 Å². The van der Waals surface area contributed by atoms with Crippen LogP contribution in [0.1, 0.15) is 16.7 Å². The number of halogens is 1. The van der Waals surface area contributed by atoms with Gasteiger partial charge in [0, 0.05) is 11.1 Å². The van der Waals surface area contributed by atoms with Gasteiger partial charge in [0.1, 0.15) is 24.2 Å². The second-order valence-corrected chi connectivity index (χ2v) is 10.7. The monoisotopic (exact) mass is 516 g/mol. The first-order chi connectivity index (χ1) is 17.8. The van der Waals surface area contributed by atoms with E-state index in [1.165, 1.54) is 36.4 Å². The summed E-state index contributed by atoms with van der Waals surface area (Å²) in [5.74, 6) is -0.492. The molecule has 4 aromatic carbocycles. The van der Waals surface area contributed by atoms with Crippen LogP contribution in [0.2, 0.25) is 0 Å². The lowest BCUT2D eigenvalue weighted by Crippen LogP contribution is -2.39. The van der Waals surface area contributed by atoms with E-state index in [1.807, 2.05) is 55.5 Å². The molecule has 1 atom stereocenters. The molecule has 1 N–H and O–H groups in total. The molecule has 4 aromatic rings. The standard InChI is InChI=1S/C29H25FN2O4S/c1-20-10-16-24(17-11-20)37(34,35)32(22-14-12-21(30)13-15-22)18-23(33)19-36-31-29-27-8-4-2-6-25(27)26-7-3-5-9-28(26)29/h2-17,23,33H,18-19H2,1H3/t23-/m1/s1. The van der Waals surface area contributed by atoms with Crippen LogP contribution in [0.5, 0.6) is 0 Å². The Bertz CT molecular complexity index is 1500. The lowest BCUT2D eigenvalue weighted by atomic mass is 10.1. The van der Waals surface area contributed by atoms with Gasteiger partial charge in [0.25, 0.3) is 10.0 Å². The van der Waals surface area contributed by atoms with Gasteiger partial charge in [-0.1, -0.05) is 71.4 Å². The number of hydrogen-bond donors (Lipinski definition) is 1. The van der Waals surface area contributed by atoms with Crippen LogP contribution >= 0.6 is 0 Å². The minimum atomic E-state index is -4.04. The fourth-order valence-corrected chi connectivity index (χ4v) is 5.81. The van der Waals surface area contributed by atoms with Crippen LogP contribution in [-0.4, -0.2) is 38.5 Å². The minimum Gasteiger partial charge on any atom is -0.392 e. The summed E-state index contributed by atoms with van der Waals surface area (Å²) < 4.78 is 41.6. The van der Waals surface area contributed by atoms with Gasteiger partial charge in [-0.2, -0.15) is 0 Å². The summed E-state index contributed by atoms with van der Waals surface area (Å²) >= 11 is 0. The molecule has 0 heterocycles. The largest absolute Gasteiger partial charge is 0.392 e. The van der Waals surface area contributed by atoms with Crippen LogP contribution in [0.15, 0.2) is 107 Å². The molecular formula is C29H25FN2O4S. The topological polar surface area (TPSA) is 79.2 Å². The third-order valence-corrected chi connectivity index (χ3v) is 7.99. The first-order valence-electron chi connectivity index (χ1n) is 11.8. The Kier molecular flexibility index (Phi) is 6.78. The van der Waals surface area contributed by atoms with E-state index in [2.05, 4.69) is 5.16 Å². The van der Waals surface area contributed by atoms with Crippen LogP contribution in [0.4, 0.5) is 10.1 Å². The van der Waals surface area contributed by atoms with Gasteiger partial charge in [-0.3, -0.25) is 4.31 Å². The van der Waals surface area contributed by atoms with E-state index in [0.29, 0.717) is 5.71 Å². The molecule has 8 heteroatoms. The maximum atomic E-state index is 13.5. The number of aryl methyl sites for hydroxylation is 1. The molecule has 0 aliphatic heterocycles. The fraction of sp³-hybridized carbons (Fsp3) is 0.138. The zero-order valence-electron chi connectivity index (χ0n) is 20.1. The first kappa shape index (κ1) is 24.7. The second-order valence-electron chi connectivity index (χ2n) is 8.81. The summed E-state index contributed by atoms with van der Waals surface area (Å²) in [5, 5.41) is 15.1. The third kappa shape index (κ3) is 4.98. The zero-order chi connectivity index (χ0) is 26.0. The number of nitrogens with zero attached hydrogens (tertiary/aromatic N) is 2. The summed E-state index contributed by atoms with van der Waals surface area (Å²) in [4.78, 5) is 5.60. The van der Waals surface area contributed by atoms with Crippen molar-refractivity contribution in [2.45, 2.75) is 17.9 Å². The van der Waals surface area contributed by atoms with Gasteiger partial charge in [0.15, 0.2) is 0 Å². The minimum absolute atomic E-state index is 0.0648. The molecule has 6 nitrogen and oxygen atoms in total. The number of fused-ring (bicyclic) bond motifs is 3. The van der Waals surface area contributed by atoms with Crippen molar-refractivity contribution in [2.75, 3.05) is 17.5 Å². The van der Waals surface area contributed by atoms with Crippen molar-refractivity contribution >= 4 is 21.4 Å². The molecule has 0 saturated heterocycles. The normalized spacial score (nSPS) is 13.0. The smallest absolute Gasteiger partial charge is 0.264 e. The predicted octanol–water partition coefficient (Wildman–Crippen LogP) is 5.14. The molecule has 0 amide bonds. The molecule has 0 radical (unpaired) electrons.